The lowest BCUT2D eigenvalue weighted by atomic mass is 10.1. The number of benzene rings is 3. The van der Waals surface area contributed by atoms with Gasteiger partial charge in [0.15, 0.2) is 11.5 Å². The maximum Gasteiger partial charge on any atom is 0.335 e. The molecule has 0 saturated carbocycles. The summed E-state index contributed by atoms with van der Waals surface area (Å²) in [6, 6.07) is 18.6. The predicted molar refractivity (Wildman–Crippen MR) is 146 cm³/mol. The Kier molecular flexibility index (Phi) is 8.62. The zero-order valence-electron chi connectivity index (χ0n) is 19.7. The quantitative estimate of drug-likeness (QED) is 0.184. The highest BCUT2D eigenvalue weighted by Crippen LogP contribution is 2.38. The summed E-state index contributed by atoms with van der Waals surface area (Å²) in [5.74, 6) is 0.113. The van der Waals surface area contributed by atoms with Crippen LogP contribution < -0.4 is 24.4 Å². The number of carbonyl (C=O) groups excluding carboxylic acids is 3. The molecular weight excluding hydrogens is 608 g/mol. The summed E-state index contributed by atoms with van der Waals surface area (Å²) < 4.78 is 18.7. The van der Waals surface area contributed by atoms with Crippen molar-refractivity contribution in [2.75, 3.05) is 24.7 Å². The number of barbiturate groups is 1. The van der Waals surface area contributed by atoms with Crippen LogP contribution in [0.1, 0.15) is 12.5 Å². The fourth-order valence-electron chi connectivity index (χ4n) is 3.54. The smallest absolute Gasteiger partial charge is 0.335 e. The average Bonchev–Trinajstić information content (AvgIpc) is 2.87. The number of nitrogens with one attached hydrogen (secondary N) is 1. The summed E-state index contributed by atoms with van der Waals surface area (Å²) in [5.41, 5.74) is 0.648. The van der Waals surface area contributed by atoms with E-state index in [1.54, 1.807) is 36.4 Å². The first kappa shape index (κ1) is 26.4. The first-order valence-corrected chi connectivity index (χ1v) is 12.9. The number of hydrogen-bond donors (Lipinski definition) is 1. The molecule has 0 unspecified atom stereocenters. The topological polar surface area (TPSA) is 94.2 Å². The van der Waals surface area contributed by atoms with Gasteiger partial charge in [-0.25, -0.2) is 9.69 Å². The second kappa shape index (κ2) is 12.1. The molecule has 0 aromatic heterocycles. The Morgan fingerprint density at radius 2 is 1.59 bits per heavy atom. The minimum Gasteiger partial charge on any atom is -0.490 e. The molecule has 0 spiro atoms. The number of urea groups is 1. The SMILES string of the molecule is CCOc1cc(C=C2C(=O)NC(=O)N(c3ccc(Br)cc3)C2=O)cc(Br)c1OCCOc1ccccc1. The number of rotatable bonds is 9. The minimum atomic E-state index is -0.813. The molecule has 3 aromatic carbocycles. The number of nitrogens with zero attached hydrogens (tertiary/aromatic N) is 1. The number of halogens is 2. The van der Waals surface area contributed by atoms with Gasteiger partial charge < -0.3 is 14.2 Å². The van der Waals surface area contributed by atoms with Gasteiger partial charge in [-0.3, -0.25) is 14.9 Å². The summed E-state index contributed by atoms with van der Waals surface area (Å²) in [6.07, 6.45) is 1.41. The van der Waals surface area contributed by atoms with E-state index in [2.05, 4.69) is 37.2 Å². The van der Waals surface area contributed by atoms with Gasteiger partial charge in [0.2, 0.25) is 0 Å². The van der Waals surface area contributed by atoms with Crippen LogP contribution in [0.4, 0.5) is 10.5 Å². The van der Waals surface area contributed by atoms with Gasteiger partial charge in [-0.05, 0) is 83.0 Å². The summed E-state index contributed by atoms with van der Waals surface area (Å²) in [4.78, 5) is 39.1. The van der Waals surface area contributed by atoms with Crippen molar-refractivity contribution in [3.05, 3.63) is 86.8 Å². The van der Waals surface area contributed by atoms with Gasteiger partial charge in [-0.1, -0.05) is 34.1 Å². The van der Waals surface area contributed by atoms with Crippen molar-refractivity contribution in [1.82, 2.24) is 5.32 Å². The van der Waals surface area contributed by atoms with Crippen LogP contribution in [-0.2, 0) is 9.59 Å². The van der Waals surface area contributed by atoms with E-state index in [0.717, 1.165) is 15.1 Å². The van der Waals surface area contributed by atoms with E-state index in [1.807, 2.05) is 37.3 Å². The summed E-state index contributed by atoms with van der Waals surface area (Å²) in [6.45, 7) is 2.79. The largest absolute Gasteiger partial charge is 0.490 e. The summed E-state index contributed by atoms with van der Waals surface area (Å²) in [7, 11) is 0. The van der Waals surface area contributed by atoms with Crippen LogP contribution in [0.5, 0.6) is 17.2 Å². The predicted octanol–water partition coefficient (Wildman–Crippen LogP) is 5.73. The van der Waals surface area contributed by atoms with Crippen molar-refractivity contribution in [3.8, 4) is 17.2 Å². The van der Waals surface area contributed by atoms with Crippen LogP contribution in [0.3, 0.4) is 0 Å². The van der Waals surface area contributed by atoms with Crippen LogP contribution in [-0.4, -0.2) is 37.7 Å². The Morgan fingerprint density at radius 1 is 0.892 bits per heavy atom. The van der Waals surface area contributed by atoms with E-state index in [-0.39, 0.29) is 12.2 Å². The zero-order chi connectivity index (χ0) is 26.4. The first-order chi connectivity index (χ1) is 17.9. The molecule has 10 heteroatoms. The number of para-hydroxylation sites is 1. The van der Waals surface area contributed by atoms with Crippen molar-refractivity contribution in [1.29, 1.82) is 0 Å². The maximum atomic E-state index is 13.2. The van der Waals surface area contributed by atoms with E-state index < -0.39 is 17.8 Å². The van der Waals surface area contributed by atoms with E-state index in [0.29, 0.717) is 40.4 Å². The van der Waals surface area contributed by atoms with E-state index in [1.165, 1.54) is 6.08 Å². The van der Waals surface area contributed by atoms with Gasteiger partial charge in [0.25, 0.3) is 11.8 Å². The Morgan fingerprint density at radius 3 is 2.30 bits per heavy atom. The van der Waals surface area contributed by atoms with Gasteiger partial charge in [-0.2, -0.15) is 0 Å². The van der Waals surface area contributed by atoms with Crippen LogP contribution in [0, 0.1) is 0 Å². The molecule has 1 aliphatic rings. The van der Waals surface area contributed by atoms with Crippen molar-refractivity contribution in [3.63, 3.8) is 0 Å². The fraction of sp³-hybridized carbons (Fsp3) is 0.148. The van der Waals surface area contributed by atoms with E-state index in [9.17, 15) is 14.4 Å². The molecule has 0 bridgehead atoms. The number of hydrogen-bond acceptors (Lipinski definition) is 6. The lowest BCUT2D eigenvalue weighted by Crippen LogP contribution is -2.54. The highest BCUT2D eigenvalue weighted by Gasteiger charge is 2.36. The molecule has 4 amide bonds. The lowest BCUT2D eigenvalue weighted by molar-refractivity contribution is -0.122. The van der Waals surface area contributed by atoms with Crippen molar-refractivity contribution in [2.24, 2.45) is 0 Å². The molecule has 1 fully saturated rings. The molecule has 0 radical (unpaired) electrons. The van der Waals surface area contributed by atoms with Gasteiger partial charge in [0.05, 0.1) is 16.8 Å². The number of carbonyl (C=O) groups is 3. The van der Waals surface area contributed by atoms with Gasteiger partial charge in [0.1, 0.15) is 24.5 Å². The lowest BCUT2D eigenvalue weighted by Gasteiger charge is -2.26. The molecule has 1 N–H and O–H groups in total. The molecular formula is C27H22Br2N2O6. The number of ether oxygens (including phenoxy) is 3. The molecule has 37 heavy (non-hydrogen) atoms. The van der Waals surface area contributed by atoms with Crippen LogP contribution in [0.2, 0.25) is 0 Å². The monoisotopic (exact) mass is 628 g/mol. The third-order valence-electron chi connectivity index (χ3n) is 5.17. The highest BCUT2D eigenvalue weighted by molar-refractivity contribution is 9.10. The van der Waals surface area contributed by atoms with Gasteiger partial charge in [0, 0.05) is 4.47 Å². The third-order valence-corrected chi connectivity index (χ3v) is 6.29. The van der Waals surface area contributed by atoms with Crippen molar-refractivity contribution in [2.45, 2.75) is 6.92 Å². The molecule has 3 aromatic rings. The number of amides is 4. The standard InChI is InChI=1S/C27H22Br2N2O6/c1-2-35-23-16-17(15-22(29)24(23)37-13-12-36-20-6-4-3-5-7-20)14-21-25(32)30-27(34)31(26(21)33)19-10-8-18(28)9-11-19/h3-11,14-16H,2,12-13H2,1H3,(H,30,32,34). The Labute approximate surface area is 230 Å². The summed E-state index contributed by atoms with van der Waals surface area (Å²) >= 11 is 6.82. The molecule has 4 rings (SSSR count). The van der Waals surface area contributed by atoms with Crippen molar-refractivity contribution < 1.29 is 28.6 Å². The average molecular weight is 630 g/mol. The van der Waals surface area contributed by atoms with Crippen LogP contribution in [0.25, 0.3) is 6.08 Å². The zero-order valence-corrected chi connectivity index (χ0v) is 22.9. The molecule has 0 aliphatic carbocycles. The molecule has 1 saturated heterocycles. The van der Waals surface area contributed by atoms with Crippen molar-refractivity contribution >= 4 is 61.5 Å². The number of imide groups is 2. The Balaban J connectivity index is 1.56. The highest BCUT2D eigenvalue weighted by atomic mass is 79.9. The van der Waals surface area contributed by atoms with Gasteiger partial charge in [-0.15, -0.1) is 0 Å². The van der Waals surface area contributed by atoms with Gasteiger partial charge >= 0.3 is 6.03 Å². The second-order valence-corrected chi connectivity index (χ2v) is 9.48. The molecule has 1 heterocycles. The Bertz CT molecular complexity index is 1340. The van der Waals surface area contributed by atoms with E-state index >= 15 is 0 Å². The molecule has 8 nitrogen and oxygen atoms in total. The molecule has 190 valence electrons. The fourth-order valence-corrected chi connectivity index (χ4v) is 4.38. The first-order valence-electron chi connectivity index (χ1n) is 11.3. The number of anilines is 1. The second-order valence-electron chi connectivity index (χ2n) is 7.71. The molecule has 0 atom stereocenters. The van der Waals surface area contributed by atoms with E-state index in [4.69, 9.17) is 14.2 Å². The Hall–Kier alpha value is -3.63. The third kappa shape index (κ3) is 6.39. The minimum absolute atomic E-state index is 0.193. The van der Waals surface area contributed by atoms with Crippen LogP contribution >= 0.6 is 31.9 Å². The maximum absolute atomic E-state index is 13.2. The summed E-state index contributed by atoms with van der Waals surface area (Å²) in [5, 5.41) is 2.22. The molecule has 1 aliphatic heterocycles. The van der Waals surface area contributed by atoms with Crippen LogP contribution in [0.15, 0.2) is 81.2 Å². The normalized spacial score (nSPS) is 14.5.